The van der Waals surface area contributed by atoms with Crippen molar-refractivity contribution in [2.45, 2.75) is 86.4 Å². The zero-order valence-corrected chi connectivity index (χ0v) is 50.6. The zero-order valence-electron chi connectivity index (χ0n) is 54.3. The molecule has 0 atom stereocenters. The van der Waals surface area contributed by atoms with Crippen molar-refractivity contribution in [2.24, 2.45) is 5.92 Å². The van der Waals surface area contributed by atoms with Crippen molar-refractivity contribution in [2.75, 3.05) is 14.7 Å². The van der Waals surface area contributed by atoms with Gasteiger partial charge in [0, 0.05) is 75.4 Å². The Morgan fingerprint density at radius 3 is 1.83 bits per heavy atom. The van der Waals surface area contributed by atoms with Crippen LogP contribution in [0.15, 0.2) is 200 Å². The summed E-state index contributed by atoms with van der Waals surface area (Å²) < 4.78 is 70.3. The van der Waals surface area contributed by atoms with E-state index in [2.05, 4.69) is 168 Å². The number of hydrogen-bond acceptors (Lipinski definition) is 5. The van der Waals surface area contributed by atoms with Gasteiger partial charge in [-0.25, -0.2) is 4.98 Å². The van der Waals surface area contributed by atoms with Crippen molar-refractivity contribution in [1.29, 1.82) is 0 Å². The molecule has 0 fully saturated rings. The van der Waals surface area contributed by atoms with E-state index in [0.717, 1.165) is 50.2 Å². The van der Waals surface area contributed by atoms with E-state index in [9.17, 15) is 5.48 Å². The van der Waals surface area contributed by atoms with E-state index in [0.29, 0.717) is 39.8 Å². The molecule has 3 aliphatic heterocycles. The van der Waals surface area contributed by atoms with Crippen LogP contribution in [0.1, 0.15) is 92.8 Å². The number of nitrogens with zero attached hydrogens (tertiary/aromatic N) is 4. The third-order valence-corrected chi connectivity index (χ3v) is 20.8. The van der Waals surface area contributed by atoms with Crippen LogP contribution < -0.4 is 40.2 Å². The Kier molecular flexibility index (Phi) is 11.7. The predicted octanol–water partition coefficient (Wildman–Crippen LogP) is 16.8. The Bertz CT molecular complexity index is 4360. The predicted molar refractivity (Wildman–Crippen MR) is 337 cm³/mol. The van der Waals surface area contributed by atoms with Gasteiger partial charge in [-0.05, 0) is 122 Å². The van der Waals surface area contributed by atoms with E-state index in [-0.39, 0.29) is 55.5 Å². The van der Waals surface area contributed by atoms with Gasteiger partial charge in [0.25, 0.3) is 0 Å². The molecule has 0 N–H and O–H groups in total. The summed E-state index contributed by atoms with van der Waals surface area (Å²) in [6.45, 7) is 23.3. The topological polar surface area (TPSA) is 31.8 Å². The largest absolute Gasteiger partial charge is 0.509 e. The number of aryl methyl sites for hydroxylation is 2. The molecule has 1 aromatic heterocycles. The molecule has 1 spiro atoms. The fraction of sp³-hybridized carbons (Fsp3) is 0.189. The zero-order chi connectivity index (χ0) is 61.4. The molecule has 10 aromatic rings. The average Bonchev–Trinajstić information content (AvgIpc) is 1.42. The van der Waals surface area contributed by atoms with Gasteiger partial charge in [-0.1, -0.05) is 206 Å². The molecule has 406 valence electrons. The van der Waals surface area contributed by atoms with Gasteiger partial charge in [0.2, 0.25) is 0 Å². The molecule has 4 heterocycles. The molecule has 0 unspecified atom stereocenters. The number of hydrogen-bond donors (Lipinski definition) is 0. The smallest absolute Gasteiger partial charge is 0.135 e. The van der Waals surface area contributed by atoms with Crippen molar-refractivity contribution in [3.8, 4) is 44.9 Å². The van der Waals surface area contributed by atoms with Gasteiger partial charge in [-0.2, -0.15) is 12.1 Å². The molecule has 0 saturated carbocycles. The van der Waals surface area contributed by atoms with Crippen LogP contribution in [-0.2, 0) is 38.3 Å². The maximum atomic E-state index is 9.33. The second-order valence-corrected chi connectivity index (χ2v) is 27.5. The number of rotatable bonds is 9. The number of ether oxygens (including phenoxy) is 1. The molecule has 13 rings (SSSR count). The summed E-state index contributed by atoms with van der Waals surface area (Å²) in [5.41, 5.74) is 14.3. The molecule has 81 heavy (non-hydrogen) atoms. The fourth-order valence-electron chi connectivity index (χ4n) is 12.1. The van der Waals surface area contributed by atoms with Gasteiger partial charge in [0.15, 0.2) is 0 Å². The van der Waals surface area contributed by atoms with E-state index >= 15 is 0 Å². The van der Waals surface area contributed by atoms with E-state index in [1.54, 1.807) is 12.3 Å². The molecule has 5 nitrogen and oxygen atoms in total. The summed E-state index contributed by atoms with van der Waals surface area (Å²) in [6.07, 6.45) is 0.0769. The summed E-state index contributed by atoms with van der Waals surface area (Å²) in [7, 11) is -3.09. The number of anilines is 7. The molecule has 9 aromatic carbocycles. The number of pyridine rings is 1. The van der Waals surface area contributed by atoms with Crippen molar-refractivity contribution in [3.63, 3.8) is 0 Å². The van der Waals surface area contributed by atoms with Crippen LogP contribution in [0.25, 0.3) is 33.4 Å². The number of para-hydroxylation sites is 4. The van der Waals surface area contributed by atoms with E-state index in [4.69, 9.17) is 13.8 Å². The minimum Gasteiger partial charge on any atom is -0.509 e. The summed E-state index contributed by atoms with van der Waals surface area (Å²) in [5, 5.41) is 4.93. The average molecular weight is 1260 g/mol. The van der Waals surface area contributed by atoms with Crippen LogP contribution >= 0.6 is 0 Å². The number of fused-ring (bicyclic) bond motifs is 10. The molecule has 0 radical (unpaired) electrons. The number of benzene rings is 9. The monoisotopic (exact) mass is 1260 g/mol. The van der Waals surface area contributed by atoms with E-state index in [1.165, 1.54) is 37.8 Å². The Hall–Kier alpha value is -7.76. The summed E-state index contributed by atoms with van der Waals surface area (Å²) in [5.74, 6) is 1.17. The second kappa shape index (κ2) is 20.6. The van der Waals surface area contributed by atoms with Crippen LogP contribution in [0.3, 0.4) is 0 Å². The Morgan fingerprint density at radius 1 is 0.580 bits per heavy atom. The molecular weight excluding hydrogens is 1180 g/mol. The third kappa shape index (κ3) is 9.35. The Labute approximate surface area is 505 Å². The Morgan fingerprint density at radius 2 is 1.17 bits per heavy atom. The van der Waals surface area contributed by atoms with Crippen molar-refractivity contribution < 1.29 is 35.4 Å². The first-order chi connectivity index (χ1) is 41.4. The molecule has 0 saturated heterocycles. The molecule has 0 bridgehead atoms. The maximum Gasteiger partial charge on any atom is 0.135 e. The maximum absolute atomic E-state index is 9.33. The molecule has 0 amide bonds. The first-order valence-electron chi connectivity index (χ1n) is 31.1. The third-order valence-electron chi connectivity index (χ3n) is 15.8. The Balaban J connectivity index is 0.00000754. The van der Waals surface area contributed by atoms with Crippen molar-refractivity contribution in [3.05, 3.63) is 247 Å². The number of aromatic nitrogens is 1. The second-order valence-electron chi connectivity index (χ2n) is 23.8. The first-order valence-corrected chi connectivity index (χ1v) is 29.6. The molecule has 3 aliphatic rings. The van der Waals surface area contributed by atoms with Gasteiger partial charge in [-0.3, -0.25) is 0 Å². The molecular formula is C74H67N4OPtSi-3. The standard InChI is InChI=1S/C74H67N4OSi.Pt/c1-48(2)38-51-36-37-75-71(41-51)78-65-28-16-17-29-69(65)80(67-33-30-49(3)39-61(67)62-40-50(4)31-34-68(62)80)70-35-32-58(46-66(70)78)79-57-23-18-22-56(45-57)76-47-77(64-27-15-14-26-63(64)76)72-59(52-20-12-11-13-21-52)24-19-25-60(72)53-42-54(73(5,6)7)44-55(43-53)74(8,9)10;/h11-37,39-44,47-48H,38H2,1-10H3;/q-3;/i11D,12D,13D,20D,21D,38D2;. The molecule has 7 heteroatoms. The summed E-state index contributed by atoms with van der Waals surface area (Å²) in [6, 6.07) is 62.3. The van der Waals surface area contributed by atoms with Crippen LogP contribution in [0.2, 0.25) is 0 Å². The van der Waals surface area contributed by atoms with Gasteiger partial charge in [0.1, 0.15) is 13.9 Å². The SMILES string of the molecule is [2H]c1c([2H])c([2H])c(-c2cccc(-c3cc(C(C)(C)C)cc(C(C)(C)C)c3)c2N2[CH-]N(c3[c-]c(Oc4[c-]c5c(cc4)[Si]4(c6ccc(C)cc6-c6cc(C)ccc64)c4ccccc4N5c4cc(C([2H])([2H])C(C)C)ccn4)ccc3)c3ccccc32)c([2H])c1[2H].[Pt]. The molecule has 0 aliphatic carbocycles. The normalized spacial score (nSPS) is 15.2. The van der Waals surface area contributed by atoms with Gasteiger partial charge >= 0.3 is 0 Å². The van der Waals surface area contributed by atoms with Crippen molar-refractivity contribution in [1.82, 2.24) is 4.98 Å². The van der Waals surface area contributed by atoms with E-state index in [1.807, 2.05) is 92.1 Å². The van der Waals surface area contributed by atoms with Crippen LogP contribution in [0.4, 0.5) is 39.9 Å². The van der Waals surface area contributed by atoms with Crippen LogP contribution in [0, 0.1) is 38.6 Å². The quantitative estimate of drug-likeness (QED) is 0.106. The van der Waals surface area contributed by atoms with Gasteiger partial charge in [0.05, 0.1) is 6.85 Å². The minimum absolute atomic E-state index is 0. The fourth-order valence-corrected chi connectivity index (χ4v) is 17.5. The van der Waals surface area contributed by atoms with E-state index < -0.39 is 32.6 Å². The van der Waals surface area contributed by atoms with Gasteiger partial charge in [-0.15, -0.1) is 47.9 Å². The summed E-state index contributed by atoms with van der Waals surface area (Å²) >= 11 is 0. The van der Waals surface area contributed by atoms with Crippen LogP contribution in [-0.4, -0.2) is 13.1 Å². The minimum atomic E-state index is -3.09. The first kappa shape index (κ1) is 45.9. The van der Waals surface area contributed by atoms with Crippen LogP contribution in [0.5, 0.6) is 11.5 Å². The van der Waals surface area contributed by atoms with Crippen molar-refractivity contribution >= 4 is 68.8 Å². The summed E-state index contributed by atoms with van der Waals surface area (Å²) in [4.78, 5) is 11.3. The van der Waals surface area contributed by atoms with Gasteiger partial charge < -0.3 is 19.4 Å².